The van der Waals surface area contributed by atoms with E-state index in [1.807, 2.05) is 36.4 Å². The van der Waals surface area contributed by atoms with Gasteiger partial charge in [0.05, 0.1) is 16.9 Å². The molecule has 0 aromatic heterocycles. The van der Waals surface area contributed by atoms with Crippen molar-refractivity contribution in [1.82, 2.24) is 4.90 Å². The predicted molar refractivity (Wildman–Crippen MR) is 103 cm³/mol. The smallest absolute Gasteiger partial charge is 0.338 e. The number of anilines is 2. The summed E-state index contributed by atoms with van der Waals surface area (Å²) in [6.07, 6.45) is 0. The van der Waals surface area contributed by atoms with Crippen LogP contribution < -0.4 is 11.1 Å². The fourth-order valence-electron chi connectivity index (χ4n) is 2.55. The summed E-state index contributed by atoms with van der Waals surface area (Å²) in [7, 11) is 0. The van der Waals surface area contributed by atoms with Crippen molar-refractivity contribution in [2.45, 2.75) is 20.5 Å². The molecule has 0 saturated carbocycles. The number of rotatable bonds is 9. The number of likely N-dealkylation sites (N-methyl/N-ethyl adjacent to an activating group) is 1. The first kappa shape index (κ1) is 18.8. The van der Waals surface area contributed by atoms with E-state index < -0.39 is 0 Å². The van der Waals surface area contributed by atoms with Crippen molar-refractivity contribution in [3.63, 3.8) is 0 Å². The molecule has 0 aliphatic rings. The molecule has 25 heavy (non-hydrogen) atoms. The van der Waals surface area contributed by atoms with Crippen LogP contribution in [0, 0.1) is 0 Å². The zero-order valence-corrected chi connectivity index (χ0v) is 15.0. The molecule has 134 valence electrons. The third-order valence-electron chi connectivity index (χ3n) is 4.14. The summed E-state index contributed by atoms with van der Waals surface area (Å²) in [6.45, 7) is 8.36. The highest BCUT2D eigenvalue weighted by molar-refractivity contribution is 5.91. The molecule has 0 fully saturated rings. The molecule has 2 aromatic rings. The van der Waals surface area contributed by atoms with Crippen LogP contribution in [-0.4, -0.2) is 37.0 Å². The minimum atomic E-state index is -0.370. The van der Waals surface area contributed by atoms with Gasteiger partial charge in [-0.2, -0.15) is 0 Å². The van der Waals surface area contributed by atoms with Crippen LogP contribution in [0.3, 0.4) is 0 Å². The van der Waals surface area contributed by atoms with E-state index in [0.717, 1.165) is 37.4 Å². The molecule has 0 aliphatic heterocycles. The van der Waals surface area contributed by atoms with E-state index in [1.54, 1.807) is 12.1 Å². The number of benzene rings is 2. The minimum absolute atomic E-state index is 0.253. The topological polar surface area (TPSA) is 67.6 Å². The number of nitrogens with two attached hydrogens (primary N) is 1. The molecule has 0 radical (unpaired) electrons. The number of ether oxygens (including phenoxy) is 1. The van der Waals surface area contributed by atoms with Crippen LogP contribution in [0.25, 0.3) is 0 Å². The minimum Gasteiger partial charge on any atom is -0.457 e. The van der Waals surface area contributed by atoms with Crippen LogP contribution in [0.2, 0.25) is 0 Å². The number of nitrogens with one attached hydrogen (secondary N) is 1. The van der Waals surface area contributed by atoms with Crippen LogP contribution in [0.15, 0.2) is 48.5 Å². The summed E-state index contributed by atoms with van der Waals surface area (Å²) >= 11 is 0. The molecule has 2 rings (SSSR count). The summed E-state index contributed by atoms with van der Waals surface area (Å²) in [5, 5.41) is 3.32. The molecule has 0 amide bonds. The maximum atomic E-state index is 12.2. The van der Waals surface area contributed by atoms with Gasteiger partial charge in [0.1, 0.15) is 6.61 Å². The fraction of sp³-hybridized carbons (Fsp3) is 0.350. The molecular weight excluding hydrogens is 314 g/mol. The molecule has 5 nitrogen and oxygen atoms in total. The van der Waals surface area contributed by atoms with Crippen LogP contribution >= 0.6 is 0 Å². The summed E-state index contributed by atoms with van der Waals surface area (Å²) < 4.78 is 5.33. The first-order valence-electron chi connectivity index (χ1n) is 8.70. The Bertz CT molecular complexity index is 670. The Hall–Kier alpha value is -2.53. The van der Waals surface area contributed by atoms with Gasteiger partial charge in [-0.15, -0.1) is 0 Å². The van der Waals surface area contributed by atoms with E-state index in [1.165, 1.54) is 0 Å². The van der Waals surface area contributed by atoms with Crippen molar-refractivity contribution in [2.75, 3.05) is 37.2 Å². The molecule has 5 heteroatoms. The standard InChI is InChI=1S/C20H27N3O2/c1-3-23(4-2)13-12-22-19-11-10-17(14-18(19)21)20(24)25-15-16-8-6-5-7-9-16/h5-11,14,22H,3-4,12-13,15,21H2,1-2H3. The van der Waals surface area contributed by atoms with Gasteiger partial charge < -0.3 is 20.7 Å². The van der Waals surface area contributed by atoms with Gasteiger partial charge in [-0.1, -0.05) is 44.2 Å². The third-order valence-corrected chi connectivity index (χ3v) is 4.14. The lowest BCUT2D eigenvalue weighted by molar-refractivity contribution is 0.0473. The lowest BCUT2D eigenvalue weighted by Gasteiger charge is -2.19. The number of hydrogen-bond acceptors (Lipinski definition) is 5. The Morgan fingerprint density at radius 1 is 1.12 bits per heavy atom. The Labute approximate surface area is 149 Å². The van der Waals surface area contributed by atoms with Crippen molar-refractivity contribution >= 4 is 17.3 Å². The summed E-state index contributed by atoms with van der Waals surface area (Å²) in [5.74, 6) is -0.370. The van der Waals surface area contributed by atoms with Gasteiger partial charge in [0.2, 0.25) is 0 Å². The second kappa shape index (κ2) is 9.69. The van der Waals surface area contributed by atoms with Gasteiger partial charge >= 0.3 is 5.97 Å². The number of esters is 1. The zero-order valence-electron chi connectivity index (χ0n) is 15.0. The van der Waals surface area contributed by atoms with Gasteiger partial charge in [0.15, 0.2) is 0 Å². The second-order valence-corrected chi connectivity index (χ2v) is 5.82. The van der Waals surface area contributed by atoms with Crippen molar-refractivity contribution in [3.05, 3.63) is 59.7 Å². The molecule has 0 heterocycles. The molecule has 3 N–H and O–H groups in total. The number of hydrogen-bond donors (Lipinski definition) is 2. The average Bonchev–Trinajstić information content (AvgIpc) is 2.65. The van der Waals surface area contributed by atoms with E-state index in [9.17, 15) is 4.79 Å². The summed E-state index contributed by atoms with van der Waals surface area (Å²) in [6, 6.07) is 14.8. The normalized spacial score (nSPS) is 10.7. The van der Waals surface area contributed by atoms with Gasteiger partial charge in [-0.3, -0.25) is 0 Å². The van der Waals surface area contributed by atoms with Crippen molar-refractivity contribution in [3.8, 4) is 0 Å². The summed E-state index contributed by atoms with van der Waals surface area (Å²) in [5.41, 5.74) is 8.87. The van der Waals surface area contributed by atoms with E-state index in [0.29, 0.717) is 11.3 Å². The third kappa shape index (κ3) is 5.80. The van der Waals surface area contributed by atoms with Crippen molar-refractivity contribution in [1.29, 1.82) is 0 Å². The van der Waals surface area contributed by atoms with Crippen molar-refractivity contribution < 1.29 is 9.53 Å². The number of nitrogen functional groups attached to an aromatic ring is 1. The largest absolute Gasteiger partial charge is 0.457 e. The fourth-order valence-corrected chi connectivity index (χ4v) is 2.55. The van der Waals surface area contributed by atoms with E-state index >= 15 is 0 Å². The number of nitrogens with zero attached hydrogens (tertiary/aromatic N) is 1. The number of carbonyl (C=O) groups excluding carboxylic acids is 1. The zero-order chi connectivity index (χ0) is 18.1. The Kier molecular flexibility index (Phi) is 7.29. The van der Waals surface area contributed by atoms with Crippen LogP contribution in [0.4, 0.5) is 11.4 Å². The Morgan fingerprint density at radius 3 is 2.48 bits per heavy atom. The van der Waals surface area contributed by atoms with Crippen molar-refractivity contribution in [2.24, 2.45) is 0 Å². The maximum absolute atomic E-state index is 12.2. The highest BCUT2D eigenvalue weighted by Gasteiger charge is 2.10. The first-order valence-corrected chi connectivity index (χ1v) is 8.70. The molecule has 2 aromatic carbocycles. The van der Waals surface area contributed by atoms with Crippen LogP contribution in [0.5, 0.6) is 0 Å². The lowest BCUT2D eigenvalue weighted by Crippen LogP contribution is -2.28. The molecule has 0 spiro atoms. The molecule has 0 saturated heterocycles. The van der Waals surface area contributed by atoms with Gasteiger partial charge in [-0.05, 0) is 36.9 Å². The highest BCUT2D eigenvalue weighted by atomic mass is 16.5. The predicted octanol–water partition coefficient (Wildman–Crippen LogP) is 3.38. The summed E-state index contributed by atoms with van der Waals surface area (Å²) in [4.78, 5) is 14.5. The second-order valence-electron chi connectivity index (χ2n) is 5.82. The molecular formula is C20H27N3O2. The molecule has 0 bridgehead atoms. The monoisotopic (exact) mass is 341 g/mol. The van der Waals surface area contributed by atoms with Crippen LogP contribution in [0.1, 0.15) is 29.8 Å². The average molecular weight is 341 g/mol. The van der Waals surface area contributed by atoms with E-state index in [-0.39, 0.29) is 12.6 Å². The number of carbonyl (C=O) groups is 1. The van der Waals surface area contributed by atoms with Gasteiger partial charge in [0, 0.05) is 13.1 Å². The Balaban J connectivity index is 1.88. The van der Waals surface area contributed by atoms with E-state index in [4.69, 9.17) is 10.5 Å². The van der Waals surface area contributed by atoms with Crippen LogP contribution in [-0.2, 0) is 11.3 Å². The van der Waals surface area contributed by atoms with Gasteiger partial charge in [0.25, 0.3) is 0 Å². The highest BCUT2D eigenvalue weighted by Crippen LogP contribution is 2.20. The lowest BCUT2D eigenvalue weighted by atomic mass is 10.1. The van der Waals surface area contributed by atoms with E-state index in [2.05, 4.69) is 24.1 Å². The molecule has 0 unspecified atom stereocenters. The molecule has 0 atom stereocenters. The quantitative estimate of drug-likeness (QED) is 0.541. The Morgan fingerprint density at radius 2 is 1.84 bits per heavy atom. The first-order chi connectivity index (χ1) is 12.1. The van der Waals surface area contributed by atoms with Gasteiger partial charge in [-0.25, -0.2) is 4.79 Å². The maximum Gasteiger partial charge on any atom is 0.338 e. The molecule has 0 aliphatic carbocycles. The SMILES string of the molecule is CCN(CC)CCNc1ccc(C(=O)OCc2ccccc2)cc1N.